The summed E-state index contributed by atoms with van der Waals surface area (Å²) >= 11 is 3.82. The number of rotatable bonds is 10. The van der Waals surface area contributed by atoms with E-state index < -0.39 is 29.2 Å². The number of β-lactam (4-membered cyclic amide) rings is 1. The molecule has 1 unspecified atom stereocenters. The Balaban J connectivity index is 1.20. The molecule has 13 nitrogen and oxygen atoms in total. The lowest BCUT2D eigenvalue weighted by Crippen LogP contribution is -2.71. The van der Waals surface area contributed by atoms with Crippen LogP contribution in [0.3, 0.4) is 0 Å². The molecule has 3 aromatic rings. The molecule has 2 atom stereocenters. The number of piperazine rings is 1. The number of aliphatic carboxylic acids is 1. The van der Waals surface area contributed by atoms with Gasteiger partial charge in [0.25, 0.3) is 11.8 Å². The monoisotopic (exact) mass is 697 g/mol. The van der Waals surface area contributed by atoms with Crippen molar-refractivity contribution in [3.05, 3.63) is 52.6 Å². The third-order valence-electron chi connectivity index (χ3n) is 7.84. The first-order valence-corrected chi connectivity index (χ1v) is 17.3. The third kappa shape index (κ3) is 6.46. The number of thiazole rings is 1. The number of carboxylic acid groups (broad SMARTS) is 1. The zero-order valence-electron chi connectivity index (χ0n) is 25.1. The van der Waals surface area contributed by atoms with Crippen LogP contribution in [0.2, 0.25) is 0 Å². The fraction of sp³-hybridized carbons (Fsp3) is 0.333. The molecule has 0 saturated carbocycles. The van der Waals surface area contributed by atoms with Crippen molar-refractivity contribution >= 4 is 80.1 Å². The maximum absolute atomic E-state index is 15.4. The Bertz CT molecular complexity index is 1870. The van der Waals surface area contributed by atoms with Crippen molar-refractivity contribution in [2.24, 2.45) is 12.2 Å². The van der Waals surface area contributed by atoms with Gasteiger partial charge >= 0.3 is 5.97 Å². The lowest BCUT2D eigenvalue weighted by molar-refractivity contribution is -0.645. The number of nitrogens with one attached hydrogen (secondary N) is 2. The second-order valence-corrected chi connectivity index (χ2v) is 13.8. The molecule has 3 aliphatic heterocycles. The number of aryl methyl sites for hydroxylation is 1. The van der Waals surface area contributed by atoms with Crippen molar-refractivity contribution in [2.45, 2.75) is 16.3 Å². The summed E-state index contributed by atoms with van der Waals surface area (Å²) in [7, 11) is 1.90. The summed E-state index contributed by atoms with van der Waals surface area (Å²) < 4.78 is 17.3. The van der Waals surface area contributed by atoms with Crippen LogP contribution in [0.15, 0.2) is 51.1 Å². The molecule has 0 radical (unpaired) electrons. The van der Waals surface area contributed by atoms with Gasteiger partial charge in [-0.2, -0.15) is 0 Å². The number of nitrogen functional groups attached to an aromatic ring is 1. The van der Waals surface area contributed by atoms with Gasteiger partial charge in [-0.3, -0.25) is 14.5 Å². The highest BCUT2D eigenvalue weighted by molar-refractivity contribution is 8.01. The third-order valence-corrected chi connectivity index (χ3v) is 11.0. The van der Waals surface area contributed by atoms with E-state index >= 15 is 4.39 Å². The Kier molecular flexibility index (Phi) is 9.55. The summed E-state index contributed by atoms with van der Waals surface area (Å²) in [6.07, 6.45) is 7.10. The van der Waals surface area contributed by atoms with E-state index in [4.69, 9.17) is 17.0 Å². The predicted octanol–water partition coefficient (Wildman–Crippen LogP) is 1.14. The Hall–Kier alpha value is -4.37. The van der Waals surface area contributed by atoms with Crippen LogP contribution in [-0.2, 0) is 26.3 Å². The number of carboxylic acids is 1. The summed E-state index contributed by atoms with van der Waals surface area (Å²) in [4.78, 5) is 52.1. The van der Waals surface area contributed by atoms with Gasteiger partial charge in [-0.15, -0.1) is 41.3 Å². The molecular weight excluding hydrogens is 668 g/mol. The van der Waals surface area contributed by atoms with E-state index in [1.165, 1.54) is 39.9 Å². The minimum atomic E-state index is -1.25. The molecule has 5 N–H and O–H groups in total. The Labute approximate surface area is 281 Å². The van der Waals surface area contributed by atoms with Crippen LogP contribution in [0.5, 0.6) is 0 Å². The second kappa shape index (κ2) is 13.8. The molecule has 47 heavy (non-hydrogen) atoms. The Morgan fingerprint density at radius 1 is 1.38 bits per heavy atom. The van der Waals surface area contributed by atoms with E-state index in [1.54, 1.807) is 0 Å². The Morgan fingerprint density at radius 2 is 2.17 bits per heavy atom. The van der Waals surface area contributed by atoms with Gasteiger partial charge in [-0.05, 0) is 11.6 Å². The van der Waals surface area contributed by atoms with Gasteiger partial charge in [-0.25, -0.2) is 18.7 Å². The molecule has 6 rings (SSSR count). The lowest BCUT2D eigenvalue weighted by atomic mass is 10.0. The number of nitrogens with zero attached hydrogens (tertiary/aromatic N) is 5. The standard InChI is InChI=1S/C30H29FN8O5S3/c1-3-10-44-36-23(19-15-47-30(32)34-19)26(40)35-24-27(41)39-25(29(42)43)16(14-46-28(24)39)13-45-22-4-7-37(2)20-12-21(18(31)11-17(20)22)38-8-5-33-6-9-38/h1,4,7,11-12,15,24,28,33H,5-6,8-10,13-14H2,2H3,(H3-,32,34,35,40,42,43)/p+1/t24?,28-/m0/s1. The quantitative estimate of drug-likeness (QED) is 0.0457. The number of nitrogens with two attached hydrogens (primary N) is 1. The molecule has 5 heterocycles. The smallest absolute Gasteiger partial charge is 0.352 e. The minimum absolute atomic E-state index is 0.117. The molecular formula is C30H30FN8O5S3+. The van der Waals surface area contributed by atoms with Crippen molar-refractivity contribution in [2.75, 3.05) is 54.9 Å². The zero-order valence-corrected chi connectivity index (χ0v) is 27.5. The number of fused-ring (bicyclic) bond motifs is 2. The number of hydrogen-bond acceptors (Lipinski definition) is 12. The van der Waals surface area contributed by atoms with Gasteiger partial charge in [0.1, 0.15) is 35.7 Å². The highest BCUT2D eigenvalue weighted by Gasteiger charge is 2.54. The number of anilines is 2. The highest BCUT2D eigenvalue weighted by atomic mass is 32.2. The van der Waals surface area contributed by atoms with Crippen LogP contribution in [0.4, 0.5) is 15.2 Å². The Morgan fingerprint density at radius 3 is 2.87 bits per heavy atom. The predicted molar refractivity (Wildman–Crippen MR) is 178 cm³/mol. The number of benzene rings is 1. The SMILES string of the molecule is C#CCON=C(C(=O)NC1C(=O)N2C(C(=O)O)=C(CSc3cc[n+](C)c4cc(N5CCNCC5)c(F)cc34)CS[C@@H]12)c1csc(N)n1. The fourth-order valence-electron chi connectivity index (χ4n) is 5.57. The van der Waals surface area contributed by atoms with Gasteiger partial charge in [0.05, 0.1) is 11.1 Å². The number of oxime groups is 1. The van der Waals surface area contributed by atoms with Crippen LogP contribution in [0.1, 0.15) is 5.69 Å². The van der Waals surface area contributed by atoms with Crippen LogP contribution in [0, 0.1) is 18.2 Å². The summed E-state index contributed by atoms with van der Waals surface area (Å²) in [6, 6.07) is 4.26. The molecule has 2 fully saturated rings. The van der Waals surface area contributed by atoms with Crippen molar-refractivity contribution < 1.29 is 33.3 Å². The van der Waals surface area contributed by atoms with Crippen molar-refractivity contribution in [1.82, 2.24) is 20.5 Å². The van der Waals surface area contributed by atoms with Crippen LogP contribution in [0.25, 0.3) is 10.9 Å². The molecule has 3 aliphatic rings. The van der Waals surface area contributed by atoms with Crippen molar-refractivity contribution in [3.8, 4) is 12.3 Å². The number of halogens is 1. The van der Waals surface area contributed by atoms with E-state index in [-0.39, 0.29) is 40.4 Å². The summed E-state index contributed by atoms with van der Waals surface area (Å²) in [5, 5.41) is 21.7. The molecule has 2 aromatic heterocycles. The maximum atomic E-state index is 15.4. The van der Waals surface area contributed by atoms with Gasteiger partial charge in [0, 0.05) is 60.1 Å². The van der Waals surface area contributed by atoms with Gasteiger partial charge in [0.15, 0.2) is 23.6 Å². The van der Waals surface area contributed by atoms with Gasteiger partial charge < -0.3 is 31.2 Å². The maximum Gasteiger partial charge on any atom is 0.352 e. The summed E-state index contributed by atoms with van der Waals surface area (Å²) in [5.74, 6) is -0.0653. The molecule has 244 valence electrons. The van der Waals surface area contributed by atoms with E-state index in [0.717, 1.165) is 34.8 Å². The second-order valence-electron chi connectivity index (χ2n) is 10.7. The normalized spacial score (nSPS) is 19.7. The fourth-order valence-corrected chi connectivity index (χ4v) is 8.63. The number of hydrogen-bond donors (Lipinski definition) is 4. The average molecular weight is 698 g/mol. The van der Waals surface area contributed by atoms with Crippen LogP contribution in [-0.4, -0.2) is 94.2 Å². The van der Waals surface area contributed by atoms with Crippen LogP contribution >= 0.6 is 34.9 Å². The molecule has 2 saturated heterocycles. The first kappa shape index (κ1) is 32.6. The molecule has 0 aliphatic carbocycles. The molecule has 0 spiro atoms. The topological polar surface area (TPSA) is 166 Å². The number of pyridine rings is 1. The molecule has 17 heteroatoms. The number of thioether (sulfide) groups is 2. The lowest BCUT2D eigenvalue weighted by Gasteiger charge is -2.49. The van der Waals surface area contributed by atoms with Crippen LogP contribution < -0.4 is 25.8 Å². The number of terminal acetylenes is 1. The molecule has 2 amide bonds. The number of amides is 2. The average Bonchev–Trinajstić information content (AvgIpc) is 3.50. The summed E-state index contributed by atoms with van der Waals surface area (Å²) in [6.45, 7) is 2.79. The minimum Gasteiger partial charge on any atom is -0.477 e. The van der Waals surface area contributed by atoms with Gasteiger partial charge in [-0.1, -0.05) is 11.1 Å². The first-order valence-electron chi connectivity index (χ1n) is 14.4. The number of aromatic nitrogens is 2. The summed E-state index contributed by atoms with van der Waals surface area (Å²) in [5.41, 5.74) is 7.47. The van der Waals surface area contributed by atoms with Crippen molar-refractivity contribution in [1.29, 1.82) is 0 Å². The highest BCUT2D eigenvalue weighted by Crippen LogP contribution is 2.42. The first-order chi connectivity index (χ1) is 22.7. The molecule has 0 bridgehead atoms. The van der Waals surface area contributed by atoms with Gasteiger partial charge in [0.2, 0.25) is 5.52 Å². The van der Waals surface area contributed by atoms with E-state index in [2.05, 4.69) is 26.7 Å². The largest absolute Gasteiger partial charge is 0.477 e. The zero-order chi connectivity index (χ0) is 33.2. The number of carbonyl (C=O) groups excluding carboxylic acids is 2. The molecule has 1 aromatic carbocycles. The van der Waals surface area contributed by atoms with Crippen molar-refractivity contribution in [3.63, 3.8) is 0 Å². The van der Waals surface area contributed by atoms with E-state index in [9.17, 15) is 19.5 Å². The van der Waals surface area contributed by atoms with E-state index in [1.807, 2.05) is 34.8 Å². The van der Waals surface area contributed by atoms with E-state index in [0.29, 0.717) is 35.5 Å². The number of carbonyl (C=O) groups is 3.